The SMILES string of the molecule is O=C(/C=C/c1coc2ccccc2c1=O)Nc1ccc(S(=O)(=O)Nc2ccc(Cl)nn2)cc1. The van der Waals surface area contributed by atoms with Gasteiger partial charge in [-0.15, -0.1) is 10.2 Å². The Morgan fingerprint density at radius 2 is 1.76 bits per heavy atom. The number of rotatable bonds is 6. The summed E-state index contributed by atoms with van der Waals surface area (Å²) in [4.78, 5) is 24.6. The van der Waals surface area contributed by atoms with E-state index in [0.717, 1.165) is 0 Å². The molecule has 2 heterocycles. The number of para-hydroxylation sites is 1. The van der Waals surface area contributed by atoms with Crippen LogP contribution < -0.4 is 15.5 Å². The first-order chi connectivity index (χ1) is 15.8. The van der Waals surface area contributed by atoms with Gasteiger partial charge in [0, 0.05) is 11.8 Å². The van der Waals surface area contributed by atoms with Gasteiger partial charge in [-0.3, -0.25) is 14.3 Å². The van der Waals surface area contributed by atoms with Gasteiger partial charge in [-0.05, 0) is 54.6 Å². The summed E-state index contributed by atoms with van der Waals surface area (Å²) in [7, 11) is -3.91. The largest absolute Gasteiger partial charge is 0.463 e. The fourth-order valence-electron chi connectivity index (χ4n) is 2.84. The fourth-order valence-corrected chi connectivity index (χ4v) is 3.94. The monoisotopic (exact) mass is 482 g/mol. The van der Waals surface area contributed by atoms with Crippen molar-refractivity contribution in [2.75, 3.05) is 10.0 Å². The van der Waals surface area contributed by atoms with E-state index < -0.39 is 15.9 Å². The summed E-state index contributed by atoms with van der Waals surface area (Å²) in [6.07, 6.45) is 3.82. The van der Waals surface area contributed by atoms with Crippen molar-refractivity contribution in [1.29, 1.82) is 0 Å². The second-order valence-corrected chi connectivity index (χ2v) is 8.78. The van der Waals surface area contributed by atoms with Crippen LogP contribution in [0.4, 0.5) is 11.5 Å². The zero-order valence-corrected chi connectivity index (χ0v) is 18.3. The molecule has 33 heavy (non-hydrogen) atoms. The van der Waals surface area contributed by atoms with E-state index >= 15 is 0 Å². The number of carbonyl (C=O) groups excluding carboxylic acids is 1. The Labute approximate surface area is 192 Å². The molecular formula is C22H15ClN4O5S. The van der Waals surface area contributed by atoms with Crippen molar-refractivity contribution >= 4 is 56.1 Å². The highest BCUT2D eigenvalue weighted by Crippen LogP contribution is 2.18. The molecule has 2 N–H and O–H groups in total. The molecule has 11 heteroatoms. The number of aromatic nitrogens is 2. The lowest BCUT2D eigenvalue weighted by molar-refractivity contribution is -0.111. The zero-order valence-electron chi connectivity index (χ0n) is 16.7. The van der Waals surface area contributed by atoms with E-state index in [4.69, 9.17) is 16.0 Å². The van der Waals surface area contributed by atoms with Gasteiger partial charge in [-0.1, -0.05) is 23.7 Å². The number of hydrogen-bond donors (Lipinski definition) is 2. The standard InChI is InChI=1S/C22H15ClN4O5S/c23-19-10-11-20(26-25-19)27-33(30,31)16-8-6-15(7-9-16)24-21(28)12-5-14-13-32-18-4-2-1-3-17(18)22(14)29/h1-13H,(H,24,28)(H,26,27)/b12-5+. The first-order valence-electron chi connectivity index (χ1n) is 9.43. The Morgan fingerprint density at radius 3 is 2.48 bits per heavy atom. The van der Waals surface area contributed by atoms with Crippen LogP contribution in [0, 0.1) is 0 Å². The van der Waals surface area contributed by atoms with Gasteiger partial charge < -0.3 is 9.73 Å². The van der Waals surface area contributed by atoms with Crippen LogP contribution in [-0.4, -0.2) is 24.5 Å². The van der Waals surface area contributed by atoms with Crippen molar-refractivity contribution in [3.05, 3.63) is 93.9 Å². The minimum Gasteiger partial charge on any atom is -0.463 e. The molecule has 0 aliphatic rings. The van der Waals surface area contributed by atoms with Crippen LogP contribution in [0.1, 0.15) is 5.56 Å². The smallest absolute Gasteiger partial charge is 0.263 e. The molecule has 0 saturated carbocycles. The maximum Gasteiger partial charge on any atom is 0.263 e. The average Bonchev–Trinajstić information content (AvgIpc) is 2.80. The molecular weight excluding hydrogens is 468 g/mol. The highest BCUT2D eigenvalue weighted by atomic mass is 35.5. The normalized spacial score (nSPS) is 11.5. The van der Waals surface area contributed by atoms with Crippen LogP contribution >= 0.6 is 11.6 Å². The Morgan fingerprint density at radius 1 is 1.00 bits per heavy atom. The van der Waals surface area contributed by atoms with Gasteiger partial charge in [-0.25, -0.2) is 8.42 Å². The second-order valence-electron chi connectivity index (χ2n) is 6.71. The molecule has 2 aromatic carbocycles. The number of amides is 1. The van der Waals surface area contributed by atoms with Crippen LogP contribution in [0.15, 0.2) is 87.1 Å². The van der Waals surface area contributed by atoms with Gasteiger partial charge in [0.15, 0.2) is 16.4 Å². The second kappa shape index (κ2) is 9.23. The summed E-state index contributed by atoms with van der Waals surface area (Å²) in [5, 5.41) is 10.4. The van der Waals surface area contributed by atoms with E-state index in [1.54, 1.807) is 24.3 Å². The Bertz CT molecular complexity index is 1520. The molecule has 0 unspecified atom stereocenters. The van der Waals surface area contributed by atoms with E-state index in [0.29, 0.717) is 16.7 Å². The van der Waals surface area contributed by atoms with E-state index in [2.05, 4.69) is 20.2 Å². The molecule has 4 rings (SSSR count). The Hall–Kier alpha value is -4.02. The van der Waals surface area contributed by atoms with Crippen molar-refractivity contribution in [1.82, 2.24) is 10.2 Å². The van der Waals surface area contributed by atoms with Crippen molar-refractivity contribution in [2.24, 2.45) is 0 Å². The third-order valence-electron chi connectivity index (χ3n) is 4.42. The van der Waals surface area contributed by atoms with Crippen LogP contribution in [0.25, 0.3) is 17.0 Å². The molecule has 1 amide bonds. The molecule has 166 valence electrons. The van der Waals surface area contributed by atoms with E-state index in [-0.39, 0.29) is 26.9 Å². The maximum atomic E-state index is 12.5. The minimum absolute atomic E-state index is 0.0140. The summed E-state index contributed by atoms with van der Waals surface area (Å²) < 4.78 is 32.6. The number of nitrogens with zero attached hydrogens (tertiary/aromatic N) is 2. The van der Waals surface area contributed by atoms with Gasteiger partial charge in [0.1, 0.15) is 11.8 Å². The van der Waals surface area contributed by atoms with Crippen molar-refractivity contribution in [2.45, 2.75) is 4.90 Å². The lowest BCUT2D eigenvalue weighted by atomic mass is 10.1. The first-order valence-corrected chi connectivity index (χ1v) is 11.3. The third-order valence-corrected chi connectivity index (χ3v) is 6.00. The number of sulfonamides is 1. The third kappa shape index (κ3) is 5.25. The molecule has 0 aliphatic heterocycles. The summed E-state index contributed by atoms with van der Waals surface area (Å²) >= 11 is 5.64. The van der Waals surface area contributed by atoms with Crippen molar-refractivity contribution in [3.8, 4) is 0 Å². The predicted octanol–water partition coefficient (Wildman–Crippen LogP) is 3.69. The molecule has 0 atom stereocenters. The van der Waals surface area contributed by atoms with Gasteiger partial charge in [-0.2, -0.15) is 0 Å². The van der Waals surface area contributed by atoms with Crippen LogP contribution in [-0.2, 0) is 14.8 Å². The Kier molecular flexibility index (Phi) is 6.20. The lowest BCUT2D eigenvalue weighted by Crippen LogP contribution is -2.14. The fraction of sp³-hybridized carbons (Fsp3) is 0. The van der Waals surface area contributed by atoms with Gasteiger partial charge in [0.25, 0.3) is 10.0 Å². The summed E-state index contributed by atoms with van der Waals surface area (Å²) in [6, 6.07) is 15.1. The first kappa shape index (κ1) is 22.2. The quantitative estimate of drug-likeness (QED) is 0.400. The van der Waals surface area contributed by atoms with Crippen molar-refractivity contribution in [3.63, 3.8) is 0 Å². The summed E-state index contributed by atoms with van der Waals surface area (Å²) in [6.45, 7) is 0. The number of benzene rings is 2. The number of anilines is 2. The van der Waals surface area contributed by atoms with Gasteiger partial charge in [0.2, 0.25) is 5.91 Å². The highest BCUT2D eigenvalue weighted by molar-refractivity contribution is 7.92. The van der Waals surface area contributed by atoms with Crippen LogP contribution in [0.2, 0.25) is 5.15 Å². The Balaban J connectivity index is 1.43. The van der Waals surface area contributed by atoms with Gasteiger partial charge in [0.05, 0.1) is 15.8 Å². The average molecular weight is 483 g/mol. The molecule has 9 nitrogen and oxygen atoms in total. The number of carbonyl (C=O) groups is 1. The zero-order chi connectivity index (χ0) is 23.4. The molecule has 4 aromatic rings. The summed E-state index contributed by atoms with van der Waals surface area (Å²) in [5.74, 6) is -0.493. The predicted molar refractivity (Wildman–Crippen MR) is 124 cm³/mol. The number of hydrogen-bond acceptors (Lipinski definition) is 7. The van der Waals surface area contributed by atoms with Crippen LogP contribution in [0.3, 0.4) is 0 Å². The molecule has 0 radical (unpaired) electrons. The molecule has 0 spiro atoms. The van der Waals surface area contributed by atoms with E-state index in [1.807, 2.05) is 0 Å². The molecule has 0 fully saturated rings. The van der Waals surface area contributed by atoms with Gasteiger partial charge >= 0.3 is 0 Å². The van der Waals surface area contributed by atoms with Crippen LogP contribution in [0.5, 0.6) is 0 Å². The summed E-state index contributed by atoms with van der Waals surface area (Å²) in [5.41, 5.74) is 0.784. The molecule has 0 bridgehead atoms. The lowest BCUT2D eigenvalue weighted by Gasteiger charge is -2.08. The molecule has 2 aromatic heterocycles. The minimum atomic E-state index is -3.91. The van der Waals surface area contributed by atoms with E-state index in [1.165, 1.54) is 54.8 Å². The maximum absolute atomic E-state index is 12.5. The number of halogens is 1. The van der Waals surface area contributed by atoms with E-state index in [9.17, 15) is 18.0 Å². The number of fused-ring (bicyclic) bond motifs is 1. The molecule has 0 saturated heterocycles. The molecule has 0 aliphatic carbocycles. The number of nitrogens with one attached hydrogen (secondary N) is 2. The van der Waals surface area contributed by atoms with Crippen molar-refractivity contribution < 1.29 is 17.6 Å². The highest BCUT2D eigenvalue weighted by Gasteiger charge is 2.15. The topological polar surface area (TPSA) is 131 Å².